The van der Waals surface area contributed by atoms with Gasteiger partial charge in [0, 0.05) is 37.2 Å². The van der Waals surface area contributed by atoms with Gasteiger partial charge in [0.15, 0.2) is 15.5 Å². The van der Waals surface area contributed by atoms with E-state index in [4.69, 9.17) is 0 Å². The molecule has 0 saturated heterocycles. The average Bonchev–Trinajstić information content (AvgIpc) is 3.20. The number of benzene rings is 3. The zero-order valence-corrected chi connectivity index (χ0v) is 19.5. The van der Waals surface area contributed by atoms with Gasteiger partial charge in [0.1, 0.15) is 0 Å². The lowest BCUT2D eigenvalue weighted by molar-refractivity contribution is -0.140. The summed E-state index contributed by atoms with van der Waals surface area (Å²) in [5.74, 6) is 0. The number of para-hydroxylation sites is 1. The van der Waals surface area contributed by atoms with Crippen LogP contribution < -0.4 is 4.90 Å². The molecule has 4 rings (SSSR count). The van der Waals surface area contributed by atoms with Crippen LogP contribution in [0.1, 0.15) is 5.69 Å². The molecule has 34 heavy (non-hydrogen) atoms. The Kier molecular flexibility index (Phi) is 5.99. The summed E-state index contributed by atoms with van der Waals surface area (Å²) < 4.78 is 67.7. The first kappa shape index (κ1) is 23.6. The summed E-state index contributed by atoms with van der Waals surface area (Å²) >= 11 is 0. The first-order valence-electron chi connectivity index (χ1n) is 10.3. The topological polar surface area (TPSA) is 55.2 Å². The van der Waals surface area contributed by atoms with E-state index < -0.39 is 21.7 Å². The average molecular weight is 486 g/mol. The minimum absolute atomic E-state index is 0.0752. The quantitative estimate of drug-likeness (QED) is 0.364. The molecule has 0 N–H and O–H groups in total. The van der Waals surface area contributed by atoms with Crippen molar-refractivity contribution in [1.82, 2.24) is 9.78 Å². The van der Waals surface area contributed by atoms with Gasteiger partial charge in [-0.25, -0.2) is 13.1 Å². The molecule has 0 aliphatic rings. The second-order valence-electron chi connectivity index (χ2n) is 8.06. The molecule has 9 heteroatoms. The van der Waals surface area contributed by atoms with Crippen molar-refractivity contribution in [3.63, 3.8) is 0 Å². The van der Waals surface area contributed by atoms with Crippen LogP contribution in [0.4, 0.5) is 18.9 Å². The van der Waals surface area contributed by atoms with Gasteiger partial charge in [-0.05, 0) is 42.0 Å². The van der Waals surface area contributed by atoms with Gasteiger partial charge in [0.25, 0.3) is 0 Å². The van der Waals surface area contributed by atoms with E-state index in [9.17, 15) is 21.6 Å². The largest absolute Gasteiger partial charge is 0.435 e. The molecule has 1 aromatic heterocycles. The van der Waals surface area contributed by atoms with Gasteiger partial charge < -0.3 is 4.90 Å². The molecule has 176 valence electrons. The lowest BCUT2D eigenvalue weighted by atomic mass is 9.98. The van der Waals surface area contributed by atoms with Gasteiger partial charge in [0.05, 0.1) is 16.3 Å². The van der Waals surface area contributed by atoms with Gasteiger partial charge in [-0.2, -0.15) is 18.3 Å². The Balaban J connectivity index is 2.05. The summed E-state index contributed by atoms with van der Waals surface area (Å²) in [4.78, 5) is 1.93. The van der Waals surface area contributed by atoms with Gasteiger partial charge in [0.2, 0.25) is 0 Å². The zero-order valence-electron chi connectivity index (χ0n) is 18.7. The highest BCUT2D eigenvalue weighted by atomic mass is 32.2. The van der Waals surface area contributed by atoms with Crippen LogP contribution in [0.25, 0.3) is 28.1 Å². The fourth-order valence-corrected chi connectivity index (χ4v) is 4.33. The lowest BCUT2D eigenvalue weighted by Gasteiger charge is -2.15. The van der Waals surface area contributed by atoms with E-state index in [1.165, 1.54) is 28.9 Å². The van der Waals surface area contributed by atoms with Crippen LogP contribution >= 0.6 is 0 Å². The van der Waals surface area contributed by atoms with Gasteiger partial charge in [-0.15, -0.1) is 0 Å². The molecule has 0 unspecified atom stereocenters. The van der Waals surface area contributed by atoms with E-state index in [1.54, 1.807) is 54.6 Å². The Morgan fingerprint density at radius 2 is 1.38 bits per heavy atom. The van der Waals surface area contributed by atoms with E-state index in [-0.39, 0.29) is 16.2 Å². The van der Waals surface area contributed by atoms with Crippen LogP contribution in [-0.4, -0.2) is 38.5 Å². The Bertz CT molecular complexity index is 1410. The summed E-state index contributed by atoms with van der Waals surface area (Å²) in [6.07, 6.45) is -3.63. The Morgan fingerprint density at radius 3 is 1.88 bits per heavy atom. The minimum Gasteiger partial charge on any atom is -0.378 e. The SMILES string of the molecule is CN(C)c1ccc(-c2c(C(F)(F)F)nn(-c3ccccc3)c2-c2ccc(S(C)(=O)=O)cc2)cc1. The standard InChI is InChI=1S/C25H22F3N3O2S/c1-30(2)19-13-9-17(10-14-19)22-23(18-11-15-21(16-12-18)34(3,32)33)31(20-7-5-4-6-8-20)29-24(22)25(26,27)28/h4-16H,1-3H3. The first-order valence-corrected chi connectivity index (χ1v) is 12.2. The van der Waals surface area contributed by atoms with Crippen LogP contribution in [0.15, 0.2) is 83.8 Å². The predicted octanol–water partition coefficient (Wildman–Crippen LogP) is 5.69. The predicted molar refractivity (Wildman–Crippen MR) is 127 cm³/mol. The van der Waals surface area contributed by atoms with Crippen LogP contribution in [-0.2, 0) is 16.0 Å². The van der Waals surface area contributed by atoms with Crippen molar-refractivity contribution in [3.05, 3.63) is 84.6 Å². The second kappa shape index (κ2) is 8.64. The molecule has 3 aromatic carbocycles. The van der Waals surface area contributed by atoms with Gasteiger partial charge in [-0.3, -0.25) is 0 Å². The van der Waals surface area contributed by atoms with Crippen molar-refractivity contribution in [3.8, 4) is 28.1 Å². The molecular formula is C25H22F3N3O2S. The molecule has 0 aliphatic heterocycles. The van der Waals surface area contributed by atoms with Crippen molar-refractivity contribution >= 4 is 15.5 Å². The molecule has 4 aromatic rings. The maximum Gasteiger partial charge on any atom is 0.435 e. The third kappa shape index (κ3) is 4.56. The summed E-state index contributed by atoms with van der Waals surface area (Å²) in [5.41, 5.74) is 1.17. The highest BCUT2D eigenvalue weighted by molar-refractivity contribution is 7.90. The molecule has 1 heterocycles. The molecule has 0 amide bonds. The van der Waals surface area contributed by atoms with Gasteiger partial charge >= 0.3 is 6.18 Å². The summed E-state index contributed by atoms with van der Waals surface area (Å²) in [5, 5.41) is 4.00. The minimum atomic E-state index is -4.71. The van der Waals surface area contributed by atoms with E-state index in [1.807, 2.05) is 19.0 Å². The van der Waals surface area contributed by atoms with Crippen LogP contribution in [0.2, 0.25) is 0 Å². The Labute approximate surface area is 196 Å². The number of anilines is 1. The van der Waals surface area contributed by atoms with Crippen LogP contribution in [0.5, 0.6) is 0 Å². The number of alkyl halides is 3. The number of nitrogens with zero attached hydrogens (tertiary/aromatic N) is 3. The Morgan fingerprint density at radius 1 is 0.824 bits per heavy atom. The third-order valence-corrected chi connectivity index (χ3v) is 6.51. The first-order chi connectivity index (χ1) is 16.0. The number of hydrogen-bond acceptors (Lipinski definition) is 4. The highest BCUT2D eigenvalue weighted by Gasteiger charge is 2.40. The molecule has 5 nitrogen and oxygen atoms in total. The normalized spacial score (nSPS) is 12.1. The van der Waals surface area contributed by atoms with Crippen molar-refractivity contribution in [2.24, 2.45) is 0 Å². The summed E-state index contributed by atoms with van der Waals surface area (Å²) in [7, 11) is 0.227. The van der Waals surface area contributed by atoms with E-state index in [0.29, 0.717) is 16.8 Å². The van der Waals surface area contributed by atoms with Crippen molar-refractivity contribution in [2.45, 2.75) is 11.1 Å². The zero-order chi connectivity index (χ0) is 24.7. The number of hydrogen-bond donors (Lipinski definition) is 0. The monoisotopic (exact) mass is 485 g/mol. The Hall–Kier alpha value is -3.59. The van der Waals surface area contributed by atoms with Crippen LogP contribution in [0, 0.1) is 0 Å². The molecule has 0 radical (unpaired) electrons. The van der Waals surface area contributed by atoms with Crippen LogP contribution in [0.3, 0.4) is 0 Å². The third-order valence-electron chi connectivity index (χ3n) is 5.38. The molecule has 0 aliphatic carbocycles. The van der Waals surface area contributed by atoms with Crippen molar-refractivity contribution < 1.29 is 21.6 Å². The summed E-state index contributed by atoms with van der Waals surface area (Å²) in [6, 6.07) is 21.1. The number of rotatable bonds is 5. The van der Waals surface area contributed by atoms with E-state index >= 15 is 0 Å². The fourth-order valence-electron chi connectivity index (χ4n) is 3.70. The smallest absolute Gasteiger partial charge is 0.378 e. The second-order valence-corrected chi connectivity index (χ2v) is 10.1. The molecule has 0 atom stereocenters. The molecule has 0 fully saturated rings. The maximum absolute atomic E-state index is 14.2. The lowest BCUT2D eigenvalue weighted by Crippen LogP contribution is -2.09. The maximum atomic E-state index is 14.2. The van der Waals surface area contributed by atoms with E-state index in [2.05, 4.69) is 5.10 Å². The molecule has 0 saturated carbocycles. The molecule has 0 bridgehead atoms. The highest BCUT2D eigenvalue weighted by Crippen LogP contribution is 2.43. The van der Waals surface area contributed by atoms with Crippen molar-refractivity contribution in [2.75, 3.05) is 25.3 Å². The fraction of sp³-hybridized carbons (Fsp3) is 0.160. The molecular weight excluding hydrogens is 463 g/mol. The number of aromatic nitrogens is 2. The number of sulfone groups is 1. The summed E-state index contributed by atoms with van der Waals surface area (Å²) in [6.45, 7) is 0. The molecule has 0 spiro atoms. The van der Waals surface area contributed by atoms with Gasteiger partial charge in [-0.1, -0.05) is 42.5 Å². The van der Waals surface area contributed by atoms with Crippen molar-refractivity contribution in [1.29, 1.82) is 0 Å². The number of halogens is 3. The van der Waals surface area contributed by atoms with E-state index in [0.717, 1.165) is 11.9 Å².